The van der Waals surface area contributed by atoms with Gasteiger partial charge in [0.1, 0.15) is 5.82 Å². The molecule has 0 heterocycles. The predicted octanol–water partition coefficient (Wildman–Crippen LogP) is 10.3. The first-order valence-corrected chi connectivity index (χ1v) is 14.1. The Hall–Kier alpha value is -3.37. The molecule has 0 aliphatic carbocycles. The lowest BCUT2D eigenvalue weighted by Crippen LogP contribution is -1.93. The summed E-state index contributed by atoms with van der Waals surface area (Å²) in [6.07, 6.45) is 11.8. The summed E-state index contributed by atoms with van der Waals surface area (Å²) >= 11 is 0. The van der Waals surface area contributed by atoms with E-state index in [2.05, 4.69) is 74.2 Å². The molecule has 0 saturated heterocycles. The van der Waals surface area contributed by atoms with E-state index in [1.54, 1.807) is 0 Å². The summed E-state index contributed by atoms with van der Waals surface area (Å²) in [6.45, 7) is 4.45. The van der Waals surface area contributed by atoms with Crippen molar-refractivity contribution in [2.45, 2.75) is 78.1 Å². The topological polar surface area (TPSA) is 0 Å². The van der Waals surface area contributed by atoms with Crippen molar-refractivity contribution < 1.29 is 4.39 Å². The van der Waals surface area contributed by atoms with Gasteiger partial charge in [0.15, 0.2) is 0 Å². The van der Waals surface area contributed by atoms with Crippen molar-refractivity contribution in [1.29, 1.82) is 0 Å². The van der Waals surface area contributed by atoms with Crippen molar-refractivity contribution in [2.24, 2.45) is 0 Å². The largest absolute Gasteiger partial charge is 0.206 e. The molecule has 0 N–H and O–H groups in total. The molecular weight excluding hydrogens is 451 g/mol. The molecule has 4 rings (SSSR count). The van der Waals surface area contributed by atoms with Crippen molar-refractivity contribution in [2.75, 3.05) is 0 Å². The Labute approximate surface area is 223 Å². The van der Waals surface area contributed by atoms with Gasteiger partial charge in [-0.05, 0) is 77.6 Å². The van der Waals surface area contributed by atoms with Crippen molar-refractivity contribution >= 4 is 10.8 Å². The van der Waals surface area contributed by atoms with Crippen LogP contribution in [-0.4, -0.2) is 0 Å². The highest BCUT2D eigenvalue weighted by Gasteiger charge is 2.08. The number of hydrogen-bond acceptors (Lipinski definition) is 0. The van der Waals surface area contributed by atoms with Gasteiger partial charge < -0.3 is 0 Å². The fourth-order valence-electron chi connectivity index (χ4n) is 4.86. The first-order chi connectivity index (χ1) is 18.2. The van der Waals surface area contributed by atoms with Crippen LogP contribution < -0.4 is 0 Å². The van der Waals surface area contributed by atoms with Crippen LogP contribution in [0.2, 0.25) is 0 Å². The van der Waals surface area contributed by atoms with E-state index in [-0.39, 0.29) is 5.82 Å². The third-order valence-electron chi connectivity index (χ3n) is 7.18. The van der Waals surface area contributed by atoms with E-state index < -0.39 is 0 Å². The van der Waals surface area contributed by atoms with Gasteiger partial charge in [-0.1, -0.05) is 119 Å². The Balaban J connectivity index is 1.40. The van der Waals surface area contributed by atoms with Gasteiger partial charge >= 0.3 is 0 Å². The lowest BCUT2D eigenvalue weighted by molar-refractivity contribution is 0.603. The summed E-state index contributed by atoms with van der Waals surface area (Å²) < 4.78 is 15.0. The van der Waals surface area contributed by atoms with Gasteiger partial charge in [0.05, 0.1) is 0 Å². The van der Waals surface area contributed by atoms with E-state index in [0.29, 0.717) is 5.39 Å². The van der Waals surface area contributed by atoms with Crippen LogP contribution in [0.15, 0.2) is 78.9 Å². The summed E-state index contributed by atoms with van der Waals surface area (Å²) in [5.74, 6) is 6.45. The zero-order valence-electron chi connectivity index (χ0n) is 22.5. The second kappa shape index (κ2) is 13.8. The highest BCUT2D eigenvalue weighted by atomic mass is 19.1. The van der Waals surface area contributed by atoms with Gasteiger partial charge in [-0.15, -0.1) is 0 Å². The normalized spacial score (nSPS) is 10.9. The molecule has 4 aromatic rings. The molecule has 0 aliphatic heterocycles. The van der Waals surface area contributed by atoms with E-state index in [9.17, 15) is 0 Å². The Kier molecular flexibility index (Phi) is 9.96. The highest BCUT2D eigenvalue weighted by Crippen LogP contribution is 2.24. The van der Waals surface area contributed by atoms with E-state index >= 15 is 4.39 Å². The molecule has 0 radical (unpaired) electrons. The summed E-state index contributed by atoms with van der Waals surface area (Å²) in [7, 11) is 0. The molecule has 0 aliphatic rings. The van der Waals surface area contributed by atoms with E-state index in [4.69, 9.17) is 0 Å². The maximum Gasteiger partial charge on any atom is 0.134 e. The van der Waals surface area contributed by atoms with Crippen molar-refractivity contribution in [3.63, 3.8) is 0 Å². The smallest absolute Gasteiger partial charge is 0.134 e. The zero-order valence-corrected chi connectivity index (χ0v) is 22.5. The number of halogens is 1. The molecule has 0 nitrogen and oxygen atoms in total. The second-order valence-corrected chi connectivity index (χ2v) is 10.1. The molecule has 0 aromatic heterocycles. The first-order valence-electron chi connectivity index (χ1n) is 14.1. The van der Waals surface area contributed by atoms with E-state index in [1.807, 2.05) is 30.3 Å². The van der Waals surface area contributed by atoms with Gasteiger partial charge in [-0.3, -0.25) is 0 Å². The second-order valence-electron chi connectivity index (χ2n) is 10.1. The lowest BCUT2D eigenvalue weighted by Gasteiger charge is -2.07. The number of aryl methyl sites for hydroxylation is 2. The monoisotopic (exact) mass is 490 g/mol. The van der Waals surface area contributed by atoms with Gasteiger partial charge in [0, 0.05) is 16.5 Å². The number of hydrogen-bond donors (Lipinski definition) is 0. The van der Waals surface area contributed by atoms with Crippen LogP contribution >= 0.6 is 0 Å². The fourth-order valence-corrected chi connectivity index (χ4v) is 4.86. The predicted molar refractivity (Wildman–Crippen MR) is 157 cm³/mol. The third-order valence-corrected chi connectivity index (χ3v) is 7.18. The first kappa shape index (κ1) is 26.7. The Morgan fingerprint density at radius 2 is 1.16 bits per heavy atom. The molecule has 1 heteroatoms. The molecule has 0 saturated carbocycles. The van der Waals surface area contributed by atoms with Crippen LogP contribution in [0.5, 0.6) is 0 Å². The Morgan fingerprint density at radius 3 is 1.84 bits per heavy atom. The standard InChI is InChI=1S/C36H39F/c1-3-5-7-9-11-28-15-20-31(21-16-28)32-22-17-29(18-23-32)13-14-30-19-26-35-34(27-30)25-24-33(36(35)37)12-10-8-6-4-2/h15-27H,3-12H2,1-2H3. The molecule has 0 unspecified atom stereocenters. The molecule has 0 fully saturated rings. The van der Waals surface area contributed by atoms with Gasteiger partial charge in [0.25, 0.3) is 0 Å². The van der Waals surface area contributed by atoms with E-state index in [1.165, 1.54) is 55.2 Å². The number of benzene rings is 4. The molecule has 0 amide bonds. The van der Waals surface area contributed by atoms with Crippen molar-refractivity contribution in [3.8, 4) is 23.0 Å². The summed E-state index contributed by atoms with van der Waals surface area (Å²) in [6, 6.07) is 27.2. The van der Waals surface area contributed by atoms with Crippen molar-refractivity contribution in [1.82, 2.24) is 0 Å². The van der Waals surface area contributed by atoms with E-state index in [0.717, 1.165) is 47.8 Å². The molecule has 37 heavy (non-hydrogen) atoms. The molecule has 190 valence electrons. The van der Waals surface area contributed by atoms with Crippen LogP contribution in [-0.2, 0) is 12.8 Å². The van der Waals surface area contributed by atoms with Gasteiger partial charge in [-0.25, -0.2) is 4.39 Å². The number of fused-ring (bicyclic) bond motifs is 1. The maximum atomic E-state index is 15.0. The van der Waals surface area contributed by atoms with Crippen molar-refractivity contribution in [3.05, 3.63) is 107 Å². The van der Waals surface area contributed by atoms with Crippen LogP contribution in [0.25, 0.3) is 21.9 Å². The van der Waals surface area contributed by atoms with Crippen LogP contribution in [0, 0.1) is 17.7 Å². The average molecular weight is 491 g/mol. The Morgan fingerprint density at radius 1 is 0.568 bits per heavy atom. The minimum Gasteiger partial charge on any atom is -0.206 e. The quantitative estimate of drug-likeness (QED) is 0.145. The minimum atomic E-state index is -0.0753. The van der Waals surface area contributed by atoms with Gasteiger partial charge in [0.2, 0.25) is 0 Å². The zero-order chi connectivity index (χ0) is 25.9. The Bertz CT molecular complexity index is 1330. The molecule has 0 atom stereocenters. The molecule has 0 spiro atoms. The van der Waals surface area contributed by atoms with Gasteiger partial charge in [-0.2, -0.15) is 0 Å². The average Bonchev–Trinajstić information content (AvgIpc) is 2.94. The van der Waals surface area contributed by atoms with Crippen LogP contribution in [0.1, 0.15) is 87.5 Å². The molecule has 0 bridgehead atoms. The summed E-state index contributed by atoms with van der Waals surface area (Å²) in [5, 5.41) is 1.60. The maximum absolute atomic E-state index is 15.0. The number of rotatable bonds is 11. The molecular formula is C36H39F. The molecule has 4 aromatic carbocycles. The SMILES string of the molecule is CCCCCCc1ccc(-c2ccc(C#Cc3ccc4c(F)c(CCCCCC)ccc4c3)cc2)cc1. The van der Waals surface area contributed by atoms with Crippen LogP contribution in [0.3, 0.4) is 0 Å². The highest BCUT2D eigenvalue weighted by molar-refractivity contribution is 5.85. The third kappa shape index (κ3) is 7.56. The van der Waals surface area contributed by atoms with Crippen LogP contribution in [0.4, 0.5) is 4.39 Å². The lowest BCUT2D eigenvalue weighted by atomic mass is 9.99. The summed E-state index contributed by atoms with van der Waals surface area (Å²) in [5.41, 5.74) is 6.56. The summed E-state index contributed by atoms with van der Waals surface area (Å²) in [4.78, 5) is 0. The minimum absolute atomic E-state index is 0.0753. The fraction of sp³-hybridized carbons (Fsp3) is 0.333. The number of unbranched alkanes of at least 4 members (excludes halogenated alkanes) is 6.